The first-order valence-corrected chi connectivity index (χ1v) is 19.7. The molecule has 0 radical (unpaired) electrons. The molecule has 0 aliphatic carbocycles. The summed E-state index contributed by atoms with van der Waals surface area (Å²) in [5.41, 5.74) is 5.92. The van der Waals surface area contributed by atoms with Gasteiger partial charge in [-0.15, -0.1) is 11.3 Å². The number of nitrogens with zero attached hydrogens (tertiary/aromatic N) is 8. The zero-order chi connectivity index (χ0) is 35.0. The molecule has 0 spiro atoms. The molecular weight excluding hydrogens is 673 g/mol. The van der Waals surface area contributed by atoms with Gasteiger partial charge in [-0.2, -0.15) is 4.98 Å². The average Bonchev–Trinajstić information content (AvgIpc) is 3.60. The molecule has 2 aliphatic rings. The predicted molar refractivity (Wildman–Crippen MR) is 203 cm³/mol. The molecule has 0 atom stereocenters. The predicted octanol–water partition coefficient (Wildman–Crippen LogP) is 5.30. The van der Waals surface area contributed by atoms with E-state index >= 15 is 0 Å². The number of aromatic nitrogens is 4. The van der Waals surface area contributed by atoms with Gasteiger partial charge >= 0.3 is 0 Å². The lowest BCUT2D eigenvalue weighted by Crippen LogP contribution is -2.52. The first-order valence-electron chi connectivity index (χ1n) is 17.0. The molecule has 5 aromatic rings. The Kier molecular flexibility index (Phi) is 9.65. The summed E-state index contributed by atoms with van der Waals surface area (Å²) in [4.78, 5) is 26.2. The molecule has 15 heteroatoms. The summed E-state index contributed by atoms with van der Waals surface area (Å²) >= 11 is 1.50. The maximum atomic E-state index is 12.7. The number of hydrogen-bond acceptors (Lipinski definition) is 13. The third-order valence-electron chi connectivity index (χ3n) is 9.87. The van der Waals surface area contributed by atoms with Crippen LogP contribution in [0, 0.1) is 0 Å². The smallest absolute Gasteiger partial charge is 0.232 e. The number of sulfonamides is 1. The van der Waals surface area contributed by atoms with E-state index < -0.39 is 10.0 Å². The molecule has 0 amide bonds. The molecule has 0 bridgehead atoms. The molecule has 3 aromatic heterocycles. The molecule has 0 saturated carbocycles. The Labute approximate surface area is 297 Å². The van der Waals surface area contributed by atoms with Crippen molar-refractivity contribution in [2.75, 3.05) is 86.6 Å². The number of piperazine rings is 1. The Bertz CT molecular complexity index is 2110. The summed E-state index contributed by atoms with van der Waals surface area (Å²) in [6.45, 7) is 8.82. The summed E-state index contributed by atoms with van der Waals surface area (Å²) in [6.07, 6.45) is 7.48. The Morgan fingerprint density at radius 3 is 2.44 bits per heavy atom. The van der Waals surface area contributed by atoms with Crippen LogP contribution in [0.3, 0.4) is 0 Å². The van der Waals surface area contributed by atoms with Gasteiger partial charge in [-0.1, -0.05) is 6.92 Å². The number of nitrogens with one attached hydrogen (secondary N) is 2. The number of anilines is 6. The number of aryl methyl sites for hydroxylation is 1. The number of methoxy groups -OCH3 is 1. The highest BCUT2D eigenvalue weighted by molar-refractivity contribution is 7.92. The zero-order valence-corrected chi connectivity index (χ0v) is 30.8. The SMILES string of the molecule is CCc1cc(Nc2nc(Nc3ccc4nccnc4c3N(C)S(C)(=O)=O)c3sccc3n2)c(OC)cc1N1CCC(N2CCN(C)CC2)CC1. The van der Waals surface area contributed by atoms with Crippen molar-refractivity contribution in [3.63, 3.8) is 0 Å². The number of thiophene rings is 1. The van der Waals surface area contributed by atoms with Gasteiger partial charge in [0.25, 0.3) is 0 Å². The van der Waals surface area contributed by atoms with Crippen molar-refractivity contribution in [1.82, 2.24) is 29.7 Å². The van der Waals surface area contributed by atoms with Gasteiger partial charge in [0.15, 0.2) is 5.82 Å². The minimum atomic E-state index is -3.62. The summed E-state index contributed by atoms with van der Waals surface area (Å²) in [5, 5.41) is 8.81. The van der Waals surface area contributed by atoms with Gasteiger partial charge in [-0.3, -0.25) is 19.2 Å². The lowest BCUT2D eigenvalue weighted by molar-refractivity contribution is 0.0982. The molecule has 2 aliphatic heterocycles. The number of rotatable bonds is 10. The number of benzene rings is 2. The van der Waals surface area contributed by atoms with Crippen LogP contribution in [0.1, 0.15) is 25.3 Å². The van der Waals surface area contributed by atoms with Gasteiger partial charge in [-0.25, -0.2) is 13.4 Å². The lowest BCUT2D eigenvalue weighted by atomic mass is 9.99. The van der Waals surface area contributed by atoms with Crippen LogP contribution >= 0.6 is 11.3 Å². The van der Waals surface area contributed by atoms with Crippen molar-refractivity contribution < 1.29 is 13.2 Å². The van der Waals surface area contributed by atoms with Gasteiger partial charge in [0, 0.05) is 76.5 Å². The highest BCUT2D eigenvalue weighted by Crippen LogP contribution is 2.40. The molecule has 7 rings (SSSR count). The zero-order valence-electron chi connectivity index (χ0n) is 29.2. The standard InChI is InChI=1S/C35H44N10O3S2/c1-6-23-21-28(30(48-4)22-29(23)45-14-9-24(10-15-45)44-18-16-42(2)17-19-44)40-35-39-27-11-20-49-33(27)34(41-35)38-26-8-7-25-31(37-13-12-36-25)32(26)43(3)50(5,46)47/h7-8,11-13,20-22,24H,6,9-10,14-19H2,1-5H3,(H2,38,39,40,41). The monoisotopic (exact) mass is 716 g/mol. The van der Waals surface area contributed by atoms with Crippen molar-refractivity contribution in [2.45, 2.75) is 32.2 Å². The number of piperidine rings is 1. The molecule has 2 aromatic carbocycles. The molecule has 50 heavy (non-hydrogen) atoms. The van der Waals surface area contributed by atoms with E-state index in [9.17, 15) is 8.42 Å². The maximum absolute atomic E-state index is 12.7. The van der Waals surface area contributed by atoms with Crippen LogP contribution in [0.4, 0.5) is 34.5 Å². The molecular formula is C35H44N10O3S2. The van der Waals surface area contributed by atoms with Gasteiger partial charge in [-0.05, 0) is 61.5 Å². The van der Waals surface area contributed by atoms with E-state index in [2.05, 4.69) is 61.4 Å². The summed E-state index contributed by atoms with van der Waals surface area (Å²) in [6, 6.07) is 10.5. The Hall–Kier alpha value is -4.31. The van der Waals surface area contributed by atoms with Crippen LogP contribution < -0.4 is 24.6 Å². The molecule has 2 saturated heterocycles. The Morgan fingerprint density at radius 1 is 0.960 bits per heavy atom. The van der Waals surface area contributed by atoms with E-state index in [1.165, 1.54) is 33.9 Å². The molecule has 2 fully saturated rings. The highest BCUT2D eigenvalue weighted by atomic mass is 32.2. The van der Waals surface area contributed by atoms with E-state index in [1.807, 2.05) is 17.5 Å². The fourth-order valence-corrected chi connectivity index (χ4v) is 8.27. The number of ether oxygens (including phenoxy) is 1. The van der Waals surface area contributed by atoms with Crippen molar-refractivity contribution in [3.05, 3.63) is 53.7 Å². The summed E-state index contributed by atoms with van der Waals surface area (Å²) < 4.78 is 33.5. The quantitative estimate of drug-likeness (QED) is 0.194. The second-order valence-corrected chi connectivity index (χ2v) is 15.9. The first-order chi connectivity index (χ1) is 24.1. The van der Waals surface area contributed by atoms with Crippen LogP contribution in [0.5, 0.6) is 5.75 Å². The van der Waals surface area contributed by atoms with E-state index in [1.54, 1.807) is 25.6 Å². The highest BCUT2D eigenvalue weighted by Gasteiger charge is 2.28. The molecule has 5 heterocycles. The van der Waals surface area contributed by atoms with Crippen LogP contribution in [0.15, 0.2) is 48.1 Å². The summed E-state index contributed by atoms with van der Waals surface area (Å²) in [5.74, 6) is 1.64. The second kappa shape index (κ2) is 14.1. The topological polar surface area (TPSA) is 132 Å². The van der Waals surface area contributed by atoms with Gasteiger partial charge in [0.1, 0.15) is 17.0 Å². The normalized spacial score (nSPS) is 16.6. The largest absolute Gasteiger partial charge is 0.494 e. The number of hydrogen-bond donors (Lipinski definition) is 2. The van der Waals surface area contributed by atoms with E-state index in [0.717, 1.165) is 80.7 Å². The third kappa shape index (κ3) is 6.87. The van der Waals surface area contributed by atoms with Crippen molar-refractivity contribution >= 4 is 77.1 Å². The maximum Gasteiger partial charge on any atom is 0.232 e. The number of fused-ring (bicyclic) bond motifs is 2. The lowest BCUT2D eigenvalue weighted by Gasteiger charge is -2.43. The van der Waals surface area contributed by atoms with Crippen molar-refractivity contribution in [3.8, 4) is 5.75 Å². The van der Waals surface area contributed by atoms with Crippen LogP contribution in [0.25, 0.3) is 21.3 Å². The first kappa shape index (κ1) is 34.2. The van der Waals surface area contributed by atoms with Crippen LogP contribution in [-0.2, 0) is 16.4 Å². The van der Waals surface area contributed by atoms with Gasteiger partial charge in [0.2, 0.25) is 16.0 Å². The third-order valence-corrected chi connectivity index (χ3v) is 12.0. The van der Waals surface area contributed by atoms with Gasteiger partial charge in [0.05, 0.1) is 40.5 Å². The Balaban J connectivity index is 1.18. The van der Waals surface area contributed by atoms with E-state index in [4.69, 9.17) is 14.7 Å². The summed E-state index contributed by atoms with van der Waals surface area (Å²) in [7, 11) is 1.79. The van der Waals surface area contributed by atoms with Crippen LogP contribution in [-0.4, -0.2) is 111 Å². The molecule has 264 valence electrons. The fourth-order valence-electron chi connectivity index (χ4n) is 6.98. The molecule has 2 N–H and O–H groups in total. The minimum Gasteiger partial charge on any atom is -0.494 e. The fraction of sp³-hybridized carbons (Fsp3) is 0.429. The molecule has 13 nitrogen and oxygen atoms in total. The van der Waals surface area contributed by atoms with Crippen LogP contribution in [0.2, 0.25) is 0 Å². The Morgan fingerprint density at radius 2 is 1.72 bits per heavy atom. The second-order valence-electron chi connectivity index (χ2n) is 13.0. The van der Waals surface area contributed by atoms with E-state index in [-0.39, 0.29) is 0 Å². The average molecular weight is 717 g/mol. The molecule has 0 unspecified atom stereocenters. The van der Waals surface area contributed by atoms with Gasteiger partial charge < -0.3 is 25.2 Å². The van der Waals surface area contributed by atoms with Crippen molar-refractivity contribution in [2.24, 2.45) is 0 Å². The van der Waals surface area contributed by atoms with Crippen molar-refractivity contribution in [1.29, 1.82) is 0 Å². The minimum absolute atomic E-state index is 0.383. The van der Waals surface area contributed by atoms with E-state index in [0.29, 0.717) is 46.0 Å². The number of likely N-dealkylation sites (N-methyl/N-ethyl adjacent to an activating group) is 1.